The van der Waals surface area contributed by atoms with Gasteiger partial charge >= 0.3 is 0 Å². The monoisotopic (exact) mass is 320 g/mol. The van der Waals surface area contributed by atoms with Gasteiger partial charge in [0, 0.05) is 16.9 Å². The summed E-state index contributed by atoms with van der Waals surface area (Å²) in [4.78, 5) is 16.9. The molecule has 4 heteroatoms. The second kappa shape index (κ2) is 5.97. The first kappa shape index (κ1) is 14.2. The molecule has 1 heterocycles. The van der Waals surface area contributed by atoms with Crippen LogP contribution in [-0.2, 0) is 4.79 Å². The molecular weight excluding hydrogens is 304 g/mol. The predicted molar refractivity (Wildman–Crippen MR) is 93.5 cm³/mol. The molecular formula is C19H16N2OS. The van der Waals surface area contributed by atoms with Crippen molar-refractivity contribution in [2.24, 2.45) is 5.92 Å². The quantitative estimate of drug-likeness (QED) is 0.766. The molecule has 1 amide bonds. The van der Waals surface area contributed by atoms with Crippen LogP contribution in [-0.4, -0.2) is 10.9 Å². The molecule has 0 saturated heterocycles. The van der Waals surface area contributed by atoms with E-state index in [1.165, 1.54) is 16.9 Å². The van der Waals surface area contributed by atoms with Crippen LogP contribution in [0.4, 0.5) is 5.13 Å². The molecule has 4 rings (SSSR count). The van der Waals surface area contributed by atoms with Crippen molar-refractivity contribution in [3.63, 3.8) is 0 Å². The highest BCUT2D eigenvalue weighted by atomic mass is 32.1. The summed E-state index contributed by atoms with van der Waals surface area (Å²) in [5.74, 6) is 0.499. The van der Waals surface area contributed by atoms with Gasteiger partial charge in [-0.05, 0) is 17.9 Å². The first-order valence-corrected chi connectivity index (χ1v) is 8.56. The van der Waals surface area contributed by atoms with E-state index in [9.17, 15) is 4.79 Å². The molecule has 23 heavy (non-hydrogen) atoms. The molecule has 1 N–H and O–H groups in total. The van der Waals surface area contributed by atoms with Gasteiger partial charge in [-0.15, -0.1) is 11.3 Å². The number of benzene rings is 2. The Morgan fingerprint density at radius 3 is 2.48 bits per heavy atom. The smallest absolute Gasteiger partial charge is 0.229 e. The number of amides is 1. The first-order valence-electron chi connectivity index (χ1n) is 7.68. The maximum Gasteiger partial charge on any atom is 0.229 e. The average Bonchev–Trinajstić information content (AvgIpc) is 3.29. The molecule has 0 unspecified atom stereocenters. The zero-order valence-corrected chi connectivity index (χ0v) is 13.3. The number of nitrogens with one attached hydrogen (secondary N) is 1. The summed E-state index contributed by atoms with van der Waals surface area (Å²) in [6.45, 7) is 0. The second-order valence-corrected chi connectivity index (χ2v) is 6.61. The number of hydrogen-bond donors (Lipinski definition) is 1. The summed E-state index contributed by atoms with van der Waals surface area (Å²) in [5.41, 5.74) is 3.22. The Labute approximate surface area is 139 Å². The van der Waals surface area contributed by atoms with Crippen LogP contribution in [0.25, 0.3) is 11.3 Å². The van der Waals surface area contributed by atoms with Gasteiger partial charge in [0.25, 0.3) is 0 Å². The Hall–Kier alpha value is -2.46. The van der Waals surface area contributed by atoms with Crippen molar-refractivity contribution in [1.29, 1.82) is 0 Å². The molecule has 1 aromatic heterocycles. The second-order valence-electron chi connectivity index (χ2n) is 5.75. The highest BCUT2D eigenvalue weighted by Crippen LogP contribution is 2.48. The molecule has 0 radical (unpaired) electrons. The lowest BCUT2D eigenvalue weighted by atomic mass is 10.1. The lowest BCUT2D eigenvalue weighted by Gasteiger charge is -2.01. The molecule has 0 bridgehead atoms. The molecule has 0 spiro atoms. The summed E-state index contributed by atoms with van der Waals surface area (Å²) in [5, 5.41) is 5.61. The SMILES string of the molecule is O=C(Nc1nc(-c2ccccc2)cs1)[C@@H]1C[C@H]1c1ccccc1. The van der Waals surface area contributed by atoms with Crippen LogP contribution in [0.5, 0.6) is 0 Å². The standard InChI is InChI=1S/C19H16N2OS/c22-18(16-11-15(16)13-7-3-1-4-8-13)21-19-20-17(12-23-19)14-9-5-2-6-10-14/h1-10,12,15-16H,11H2,(H,20,21,22)/t15-,16+/m0/s1. The minimum atomic E-state index is 0.0708. The predicted octanol–water partition coefficient (Wildman–Crippen LogP) is 4.55. The van der Waals surface area contributed by atoms with E-state index in [0.29, 0.717) is 11.0 Å². The summed E-state index contributed by atoms with van der Waals surface area (Å²) < 4.78 is 0. The Bertz CT molecular complexity index is 814. The highest BCUT2D eigenvalue weighted by Gasteiger charge is 2.44. The normalized spacial score (nSPS) is 19.3. The van der Waals surface area contributed by atoms with Crippen molar-refractivity contribution >= 4 is 22.4 Å². The molecule has 0 aliphatic heterocycles. The van der Waals surface area contributed by atoms with Gasteiger partial charge in [0.1, 0.15) is 0 Å². The zero-order valence-electron chi connectivity index (χ0n) is 12.5. The van der Waals surface area contributed by atoms with E-state index in [1.54, 1.807) is 0 Å². The van der Waals surface area contributed by atoms with E-state index in [1.807, 2.05) is 53.9 Å². The summed E-state index contributed by atoms with van der Waals surface area (Å²) in [7, 11) is 0. The Morgan fingerprint density at radius 1 is 1.04 bits per heavy atom. The molecule has 3 aromatic rings. The van der Waals surface area contributed by atoms with Gasteiger partial charge in [-0.2, -0.15) is 0 Å². The number of hydrogen-bond acceptors (Lipinski definition) is 3. The molecule has 2 aromatic carbocycles. The van der Waals surface area contributed by atoms with Crippen molar-refractivity contribution in [1.82, 2.24) is 4.98 Å². The minimum absolute atomic E-state index is 0.0708. The van der Waals surface area contributed by atoms with Crippen molar-refractivity contribution in [2.75, 3.05) is 5.32 Å². The number of aromatic nitrogens is 1. The number of carbonyl (C=O) groups is 1. The van der Waals surface area contributed by atoms with E-state index < -0.39 is 0 Å². The molecule has 2 atom stereocenters. The highest BCUT2D eigenvalue weighted by molar-refractivity contribution is 7.14. The Kier molecular flexibility index (Phi) is 3.67. The number of thiazole rings is 1. The first-order chi connectivity index (χ1) is 11.3. The summed E-state index contributed by atoms with van der Waals surface area (Å²) in [6, 6.07) is 20.2. The van der Waals surface area contributed by atoms with Crippen molar-refractivity contribution < 1.29 is 4.79 Å². The largest absolute Gasteiger partial charge is 0.302 e. The maximum atomic E-state index is 12.4. The van der Waals surface area contributed by atoms with E-state index in [2.05, 4.69) is 22.4 Å². The number of anilines is 1. The van der Waals surface area contributed by atoms with Gasteiger partial charge in [0.15, 0.2) is 5.13 Å². The van der Waals surface area contributed by atoms with Crippen molar-refractivity contribution in [2.45, 2.75) is 12.3 Å². The van der Waals surface area contributed by atoms with E-state index >= 15 is 0 Å². The van der Waals surface area contributed by atoms with Crippen LogP contribution >= 0.6 is 11.3 Å². The van der Waals surface area contributed by atoms with Crippen molar-refractivity contribution in [3.8, 4) is 11.3 Å². The molecule has 114 valence electrons. The van der Waals surface area contributed by atoms with Gasteiger partial charge in [-0.25, -0.2) is 4.98 Å². The molecule has 1 aliphatic rings. The van der Waals surface area contributed by atoms with Crippen LogP contribution < -0.4 is 5.32 Å². The van der Waals surface area contributed by atoms with Gasteiger partial charge in [0.05, 0.1) is 5.69 Å². The third-order valence-electron chi connectivity index (χ3n) is 4.16. The Morgan fingerprint density at radius 2 is 1.74 bits per heavy atom. The third-order valence-corrected chi connectivity index (χ3v) is 4.92. The van der Waals surface area contributed by atoms with Crippen LogP contribution in [0.15, 0.2) is 66.0 Å². The van der Waals surface area contributed by atoms with Gasteiger partial charge in [-0.3, -0.25) is 4.79 Å². The minimum Gasteiger partial charge on any atom is -0.302 e. The van der Waals surface area contributed by atoms with E-state index in [0.717, 1.165) is 17.7 Å². The molecule has 1 saturated carbocycles. The maximum absolute atomic E-state index is 12.4. The summed E-state index contributed by atoms with van der Waals surface area (Å²) in [6.07, 6.45) is 0.923. The fourth-order valence-corrected chi connectivity index (χ4v) is 3.55. The van der Waals surface area contributed by atoms with Crippen LogP contribution in [0.3, 0.4) is 0 Å². The zero-order chi connectivity index (χ0) is 15.6. The van der Waals surface area contributed by atoms with Crippen LogP contribution in [0.2, 0.25) is 0 Å². The lowest BCUT2D eigenvalue weighted by molar-refractivity contribution is -0.117. The number of rotatable bonds is 4. The van der Waals surface area contributed by atoms with Crippen molar-refractivity contribution in [3.05, 3.63) is 71.6 Å². The fraction of sp³-hybridized carbons (Fsp3) is 0.158. The van der Waals surface area contributed by atoms with Gasteiger partial charge < -0.3 is 5.32 Å². The number of carbonyl (C=O) groups excluding carboxylic acids is 1. The third kappa shape index (κ3) is 3.03. The molecule has 1 fully saturated rings. The number of nitrogens with zero attached hydrogens (tertiary/aromatic N) is 1. The van der Waals surface area contributed by atoms with E-state index in [-0.39, 0.29) is 11.8 Å². The lowest BCUT2D eigenvalue weighted by Crippen LogP contribution is -2.14. The topological polar surface area (TPSA) is 42.0 Å². The van der Waals surface area contributed by atoms with Crippen LogP contribution in [0.1, 0.15) is 17.9 Å². The fourth-order valence-electron chi connectivity index (χ4n) is 2.82. The van der Waals surface area contributed by atoms with Gasteiger partial charge in [-0.1, -0.05) is 60.7 Å². The molecule has 1 aliphatic carbocycles. The molecule has 3 nitrogen and oxygen atoms in total. The van der Waals surface area contributed by atoms with Crippen LogP contribution in [0, 0.1) is 5.92 Å². The Balaban J connectivity index is 1.42. The summed E-state index contributed by atoms with van der Waals surface area (Å²) >= 11 is 1.47. The van der Waals surface area contributed by atoms with E-state index in [4.69, 9.17) is 0 Å². The van der Waals surface area contributed by atoms with Gasteiger partial charge in [0.2, 0.25) is 5.91 Å². The average molecular weight is 320 g/mol.